The van der Waals surface area contributed by atoms with Crippen molar-refractivity contribution in [3.63, 3.8) is 0 Å². The predicted octanol–water partition coefficient (Wildman–Crippen LogP) is 2.83. The number of nitrogens with zero attached hydrogens (tertiary/aromatic N) is 4. The van der Waals surface area contributed by atoms with E-state index in [-0.39, 0.29) is 5.91 Å². The molecule has 0 bridgehead atoms. The number of carbonyl (C=O) groups excluding carboxylic acids is 1. The molecule has 1 aromatic carbocycles. The van der Waals surface area contributed by atoms with E-state index in [1.807, 2.05) is 5.32 Å². The summed E-state index contributed by atoms with van der Waals surface area (Å²) in [6.07, 6.45) is 4.63. The number of hydrogen-bond donors (Lipinski definition) is 4. The van der Waals surface area contributed by atoms with E-state index in [9.17, 15) is 9.59 Å². The van der Waals surface area contributed by atoms with Gasteiger partial charge >= 0.3 is 6.09 Å². The molecule has 4 N–H and O–H groups in total. The third kappa shape index (κ3) is 7.85. The van der Waals surface area contributed by atoms with Crippen LogP contribution in [0.2, 0.25) is 5.02 Å². The molecule has 1 fully saturated rings. The minimum absolute atomic E-state index is 0.126. The Bertz CT molecular complexity index is 1080. The molecule has 12 heteroatoms. The molecule has 1 aliphatic carbocycles. The molecule has 4 rings (SSSR count). The minimum atomic E-state index is -0.995. The highest BCUT2D eigenvalue weighted by Crippen LogP contribution is 2.33. The molecule has 196 valence electrons. The van der Waals surface area contributed by atoms with Crippen LogP contribution >= 0.6 is 11.6 Å². The average Bonchev–Trinajstić information content (AvgIpc) is 3.69. The summed E-state index contributed by atoms with van der Waals surface area (Å²) in [5.41, 5.74) is 3.31. The largest absolute Gasteiger partial charge is 0.495 e. The predicted molar refractivity (Wildman–Crippen MR) is 140 cm³/mol. The van der Waals surface area contributed by atoms with Crippen LogP contribution in [0.5, 0.6) is 5.75 Å². The number of carboxylic acid groups (broad SMARTS) is 1. The lowest BCUT2D eigenvalue weighted by Gasteiger charge is -2.21. The monoisotopic (exact) mass is 519 g/mol. The van der Waals surface area contributed by atoms with Crippen molar-refractivity contribution >= 4 is 41.1 Å². The molecule has 0 unspecified atom stereocenters. The number of halogens is 1. The lowest BCUT2D eigenvalue weighted by atomic mass is 10.0. The smallest absolute Gasteiger partial charge is 0.404 e. The van der Waals surface area contributed by atoms with Crippen LogP contribution in [0.3, 0.4) is 0 Å². The van der Waals surface area contributed by atoms with Gasteiger partial charge in [-0.2, -0.15) is 4.98 Å². The average molecular weight is 520 g/mol. The summed E-state index contributed by atoms with van der Waals surface area (Å²) in [5, 5.41) is 16.7. The molecular formula is C24H34ClN7O4. The lowest BCUT2D eigenvalue weighted by Crippen LogP contribution is -2.37. The normalized spacial score (nSPS) is 14.9. The number of aromatic nitrogens is 2. The van der Waals surface area contributed by atoms with Crippen LogP contribution in [-0.4, -0.2) is 90.8 Å². The summed E-state index contributed by atoms with van der Waals surface area (Å²) in [7, 11) is 6.60. The molecule has 1 aliphatic heterocycles. The number of amides is 2. The van der Waals surface area contributed by atoms with Crippen molar-refractivity contribution in [3.05, 3.63) is 34.5 Å². The van der Waals surface area contributed by atoms with Crippen molar-refractivity contribution < 1.29 is 19.4 Å². The van der Waals surface area contributed by atoms with Gasteiger partial charge in [-0.1, -0.05) is 11.6 Å². The second kappa shape index (κ2) is 12.6. The highest BCUT2D eigenvalue weighted by molar-refractivity contribution is 6.32. The van der Waals surface area contributed by atoms with Crippen LogP contribution in [0.4, 0.5) is 22.2 Å². The Morgan fingerprint density at radius 1 is 1.22 bits per heavy atom. The molecule has 2 amide bonds. The second-order valence-corrected chi connectivity index (χ2v) is 9.28. The molecule has 1 saturated carbocycles. The van der Waals surface area contributed by atoms with E-state index in [1.165, 1.54) is 18.2 Å². The molecule has 36 heavy (non-hydrogen) atoms. The fourth-order valence-electron chi connectivity index (χ4n) is 3.63. The van der Waals surface area contributed by atoms with Crippen LogP contribution in [0.15, 0.2) is 18.3 Å². The fourth-order valence-corrected chi connectivity index (χ4v) is 3.77. The number of rotatable bonds is 7. The van der Waals surface area contributed by atoms with Gasteiger partial charge in [0.25, 0.3) is 0 Å². The van der Waals surface area contributed by atoms with Gasteiger partial charge in [0.1, 0.15) is 10.8 Å². The van der Waals surface area contributed by atoms with E-state index < -0.39 is 6.09 Å². The van der Waals surface area contributed by atoms with E-state index in [0.717, 1.165) is 50.2 Å². The van der Waals surface area contributed by atoms with E-state index >= 15 is 0 Å². The van der Waals surface area contributed by atoms with Gasteiger partial charge < -0.3 is 30.7 Å². The molecule has 11 nitrogen and oxygen atoms in total. The summed E-state index contributed by atoms with van der Waals surface area (Å²) in [5.74, 6) is 1.99. The van der Waals surface area contributed by atoms with Crippen molar-refractivity contribution in [2.75, 3.05) is 58.5 Å². The number of likely N-dealkylation sites (N-methyl/N-ethyl adjacent to an activating group) is 1. The molecule has 1 aromatic heterocycles. The maximum absolute atomic E-state index is 12.1. The molecule has 2 heterocycles. The number of methoxy groups -OCH3 is 1. The molecule has 2 aromatic rings. The van der Waals surface area contributed by atoms with E-state index in [4.69, 9.17) is 21.4 Å². The van der Waals surface area contributed by atoms with Gasteiger partial charge in [0.2, 0.25) is 11.9 Å². The van der Waals surface area contributed by atoms with Crippen LogP contribution in [0, 0.1) is 0 Å². The number of anilines is 3. The van der Waals surface area contributed by atoms with Gasteiger partial charge in [-0.05, 0) is 48.9 Å². The molecule has 0 radical (unpaired) electrons. The molecular weight excluding hydrogens is 486 g/mol. The van der Waals surface area contributed by atoms with Crippen molar-refractivity contribution in [1.29, 1.82) is 0 Å². The zero-order valence-electron chi connectivity index (χ0n) is 21.1. The van der Waals surface area contributed by atoms with Gasteiger partial charge in [-0.15, -0.1) is 0 Å². The van der Waals surface area contributed by atoms with Gasteiger partial charge in [-0.3, -0.25) is 9.69 Å². The zero-order valence-corrected chi connectivity index (χ0v) is 21.9. The van der Waals surface area contributed by atoms with Crippen LogP contribution in [0.1, 0.15) is 24.0 Å². The van der Waals surface area contributed by atoms with Gasteiger partial charge in [0, 0.05) is 40.3 Å². The minimum Gasteiger partial charge on any atom is -0.495 e. The SMILES string of the molecule is CNC(=O)O.COc1cc2c(cc1Nc1ncc(Cl)c(NC3CC3)n1)CCN(CC(=O)N(C)C)CC2. The highest BCUT2D eigenvalue weighted by atomic mass is 35.5. The summed E-state index contributed by atoms with van der Waals surface area (Å²) < 4.78 is 5.64. The Balaban J connectivity index is 0.000000658. The van der Waals surface area contributed by atoms with Crippen LogP contribution in [-0.2, 0) is 17.6 Å². The van der Waals surface area contributed by atoms with Crippen molar-refractivity contribution in [1.82, 2.24) is 25.1 Å². The first-order valence-corrected chi connectivity index (χ1v) is 12.2. The van der Waals surface area contributed by atoms with Crippen LogP contribution in [0.25, 0.3) is 0 Å². The second-order valence-electron chi connectivity index (χ2n) is 8.87. The number of ether oxygens (including phenoxy) is 1. The fraction of sp³-hybridized carbons (Fsp3) is 0.500. The summed E-state index contributed by atoms with van der Waals surface area (Å²) in [4.78, 5) is 34.1. The maximum Gasteiger partial charge on any atom is 0.404 e. The Morgan fingerprint density at radius 2 is 1.86 bits per heavy atom. The van der Waals surface area contributed by atoms with Gasteiger partial charge in [0.05, 0.1) is 25.5 Å². The van der Waals surface area contributed by atoms with Gasteiger partial charge in [-0.25, -0.2) is 9.78 Å². The lowest BCUT2D eigenvalue weighted by molar-refractivity contribution is -0.129. The number of hydrogen-bond acceptors (Lipinski definition) is 8. The summed E-state index contributed by atoms with van der Waals surface area (Å²) in [6, 6.07) is 4.63. The first-order valence-electron chi connectivity index (χ1n) is 11.8. The number of nitrogens with one attached hydrogen (secondary N) is 3. The van der Waals surface area contributed by atoms with E-state index in [0.29, 0.717) is 29.4 Å². The number of fused-ring (bicyclic) bond motifs is 1. The topological polar surface area (TPSA) is 132 Å². The summed E-state index contributed by atoms with van der Waals surface area (Å²) in [6.45, 7) is 2.13. The molecule has 2 aliphatic rings. The third-order valence-corrected chi connectivity index (χ3v) is 6.17. The number of benzene rings is 1. The zero-order chi connectivity index (χ0) is 26.2. The highest BCUT2D eigenvalue weighted by Gasteiger charge is 2.23. The standard InChI is InChI=1S/C22H29ClN6O2.C2H5NO2/c1-28(2)20(30)13-29-8-6-14-10-18(19(31-3)11-15(14)7-9-29)26-22-24-12-17(23)21(27-22)25-16-4-5-16;1-3-2(4)5/h10-12,16H,4-9,13H2,1-3H3,(H2,24,25,26,27);3H,1H3,(H,4,5). The maximum atomic E-state index is 12.1. The van der Waals surface area contributed by atoms with Crippen molar-refractivity contribution in [3.8, 4) is 5.75 Å². The Kier molecular flexibility index (Phi) is 9.54. The van der Waals surface area contributed by atoms with Crippen molar-refractivity contribution in [2.45, 2.75) is 31.7 Å². The van der Waals surface area contributed by atoms with Crippen molar-refractivity contribution in [2.24, 2.45) is 0 Å². The van der Waals surface area contributed by atoms with E-state index in [1.54, 1.807) is 32.3 Å². The Hall–Kier alpha value is -3.31. The quantitative estimate of drug-likeness (QED) is 0.436. The van der Waals surface area contributed by atoms with E-state index in [2.05, 4.69) is 37.6 Å². The molecule has 0 atom stereocenters. The summed E-state index contributed by atoms with van der Waals surface area (Å²) >= 11 is 6.24. The molecule has 0 spiro atoms. The molecule has 0 saturated heterocycles. The first kappa shape index (κ1) is 27.3. The Labute approximate surface area is 216 Å². The van der Waals surface area contributed by atoms with Gasteiger partial charge in [0.15, 0.2) is 5.82 Å². The number of carbonyl (C=O) groups is 2. The third-order valence-electron chi connectivity index (χ3n) is 5.90. The first-order chi connectivity index (χ1) is 17.2. The van der Waals surface area contributed by atoms with Crippen LogP contribution < -0.4 is 20.7 Å². The Morgan fingerprint density at radius 3 is 2.42 bits per heavy atom.